The second-order valence-electron chi connectivity index (χ2n) is 3.98. The minimum absolute atomic E-state index is 0.949. The Morgan fingerprint density at radius 2 is 2.07 bits per heavy atom. The van der Waals surface area contributed by atoms with Crippen molar-refractivity contribution in [3.05, 3.63) is 18.3 Å². The molecule has 0 amide bonds. The summed E-state index contributed by atoms with van der Waals surface area (Å²) in [5.41, 5.74) is 1.11. The number of hydrogen-bond acceptors (Lipinski definition) is 3. The van der Waals surface area contributed by atoms with Gasteiger partial charge >= 0.3 is 0 Å². The summed E-state index contributed by atoms with van der Waals surface area (Å²) in [6.07, 6.45) is 5.90. The quantitative estimate of drug-likeness (QED) is 0.821. The Morgan fingerprint density at radius 3 is 2.67 bits per heavy atom. The van der Waals surface area contributed by atoms with E-state index >= 15 is 0 Å². The molecule has 1 aliphatic heterocycles. The molecule has 0 radical (unpaired) electrons. The highest BCUT2D eigenvalue weighted by Crippen LogP contribution is 2.18. The second-order valence-corrected chi connectivity index (χ2v) is 3.98. The average molecular weight is 205 g/mol. The minimum Gasteiger partial charge on any atom is -0.384 e. The molecule has 3 heteroatoms. The second kappa shape index (κ2) is 5.01. The van der Waals surface area contributed by atoms with Crippen LogP contribution in [0.3, 0.4) is 0 Å². The van der Waals surface area contributed by atoms with E-state index in [4.69, 9.17) is 0 Å². The topological polar surface area (TPSA) is 28.2 Å². The summed E-state index contributed by atoms with van der Waals surface area (Å²) >= 11 is 0. The van der Waals surface area contributed by atoms with Crippen LogP contribution in [0.15, 0.2) is 18.3 Å². The first-order chi connectivity index (χ1) is 7.40. The van der Waals surface area contributed by atoms with Crippen molar-refractivity contribution in [2.45, 2.75) is 26.2 Å². The SMILES string of the molecule is CCNc1ccc(N2CCCCC2)nc1. The van der Waals surface area contributed by atoms with E-state index in [2.05, 4.69) is 34.3 Å². The Bertz CT molecular complexity index is 288. The largest absolute Gasteiger partial charge is 0.384 e. The first-order valence-corrected chi connectivity index (χ1v) is 5.85. The lowest BCUT2D eigenvalue weighted by atomic mass is 10.1. The van der Waals surface area contributed by atoms with E-state index < -0.39 is 0 Å². The molecular formula is C12H19N3. The van der Waals surface area contributed by atoms with Crippen LogP contribution in [0.4, 0.5) is 11.5 Å². The van der Waals surface area contributed by atoms with Gasteiger partial charge in [0.25, 0.3) is 0 Å². The van der Waals surface area contributed by atoms with E-state index in [9.17, 15) is 0 Å². The first-order valence-electron chi connectivity index (χ1n) is 5.85. The summed E-state index contributed by atoms with van der Waals surface area (Å²) in [4.78, 5) is 6.86. The Morgan fingerprint density at radius 1 is 1.27 bits per heavy atom. The number of nitrogens with one attached hydrogen (secondary N) is 1. The van der Waals surface area contributed by atoms with Crippen molar-refractivity contribution in [1.29, 1.82) is 0 Å². The van der Waals surface area contributed by atoms with Gasteiger partial charge in [-0.2, -0.15) is 0 Å². The van der Waals surface area contributed by atoms with Crippen molar-refractivity contribution in [2.24, 2.45) is 0 Å². The highest BCUT2D eigenvalue weighted by molar-refractivity contribution is 5.48. The molecular weight excluding hydrogens is 186 g/mol. The maximum absolute atomic E-state index is 4.48. The number of pyridine rings is 1. The highest BCUT2D eigenvalue weighted by Gasteiger charge is 2.11. The van der Waals surface area contributed by atoms with E-state index in [1.165, 1.54) is 19.3 Å². The van der Waals surface area contributed by atoms with Crippen LogP contribution in [-0.2, 0) is 0 Å². The van der Waals surface area contributed by atoms with E-state index in [-0.39, 0.29) is 0 Å². The molecule has 0 aromatic carbocycles. The van der Waals surface area contributed by atoms with Crippen LogP contribution < -0.4 is 10.2 Å². The number of nitrogens with zero attached hydrogens (tertiary/aromatic N) is 2. The van der Waals surface area contributed by atoms with Crippen LogP contribution in [0.1, 0.15) is 26.2 Å². The van der Waals surface area contributed by atoms with Gasteiger partial charge in [-0.1, -0.05) is 0 Å². The summed E-state index contributed by atoms with van der Waals surface area (Å²) in [6, 6.07) is 4.23. The summed E-state index contributed by atoms with van der Waals surface area (Å²) in [7, 11) is 0. The molecule has 0 unspecified atom stereocenters. The van der Waals surface area contributed by atoms with Gasteiger partial charge in [-0.05, 0) is 38.3 Å². The van der Waals surface area contributed by atoms with Gasteiger partial charge in [0.2, 0.25) is 0 Å². The molecule has 3 nitrogen and oxygen atoms in total. The highest BCUT2D eigenvalue weighted by atomic mass is 15.2. The lowest BCUT2D eigenvalue weighted by Crippen LogP contribution is -2.30. The molecule has 1 N–H and O–H groups in total. The van der Waals surface area contributed by atoms with Crippen LogP contribution in [0.2, 0.25) is 0 Å². The monoisotopic (exact) mass is 205 g/mol. The molecule has 0 bridgehead atoms. The van der Waals surface area contributed by atoms with Crippen LogP contribution in [-0.4, -0.2) is 24.6 Å². The summed E-state index contributed by atoms with van der Waals surface area (Å²) in [5.74, 6) is 1.12. The Hall–Kier alpha value is -1.25. The van der Waals surface area contributed by atoms with Gasteiger partial charge in [-0.3, -0.25) is 0 Å². The lowest BCUT2D eigenvalue weighted by Gasteiger charge is -2.27. The fourth-order valence-electron chi connectivity index (χ4n) is 2.00. The number of aromatic nitrogens is 1. The average Bonchev–Trinajstić information content (AvgIpc) is 2.32. The van der Waals surface area contributed by atoms with Gasteiger partial charge in [-0.25, -0.2) is 4.98 Å². The molecule has 1 fully saturated rings. The van der Waals surface area contributed by atoms with Crippen molar-refractivity contribution < 1.29 is 0 Å². The third-order valence-corrected chi connectivity index (χ3v) is 2.81. The summed E-state index contributed by atoms with van der Waals surface area (Å²) in [6.45, 7) is 5.37. The van der Waals surface area contributed by atoms with Gasteiger partial charge in [0, 0.05) is 19.6 Å². The maximum atomic E-state index is 4.48. The summed E-state index contributed by atoms with van der Waals surface area (Å²) < 4.78 is 0. The van der Waals surface area contributed by atoms with Gasteiger partial charge < -0.3 is 10.2 Å². The zero-order valence-electron chi connectivity index (χ0n) is 9.37. The fourth-order valence-corrected chi connectivity index (χ4v) is 2.00. The van der Waals surface area contributed by atoms with Crippen molar-refractivity contribution >= 4 is 11.5 Å². The molecule has 2 rings (SSSR count). The van der Waals surface area contributed by atoms with Crippen LogP contribution in [0.5, 0.6) is 0 Å². The third-order valence-electron chi connectivity index (χ3n) is 2.81. The molecule has 1 aliphatic rings. The molecule has 82 valence electrons. The number of hydrogen-bond donors (Lipinski definition) is 1. The normalized spacial score (nSPS) is 16.5. The summed E-state index contributed by atoms with van der Waals surface area (Å²) in [5, 5.41) is 3.26. The Kier molecular flexibility index (Phi) is 3.43. The molecule has 15 heavy (non-hydrogen) atoms. The number of anilines is 2. The van der Waals surface area contributed by atoms with Gasteiger partial charge in [0.1, 0.15) is 5.82 Å². The zero-order valence-corrected chi connectivity index (χ0v) is 9.37. The standard InChI is InChI=1S/C12H19N3/c1-2-13-11-6-7-12(14-10-11)15-8-4-3-5-9-15/h6-7,10,13H,2-5,8-9H2,1H3. The molecule has 1 aromatic heterocycles. The van der Waals surface area contributed by atoms with Crippen molar-refractivity contribution in [3.8, 4) is 0 Å². The predicted octanol–water partition coefficient (Wildman–Crippen LogP) is 2.50. The minimum atomic E-state index is 0.949. The Labute approximate surface area is 91.5 Å². The predicted molar refractivity (Wildman–Crippen MR) is 64.5 cm³/mol. The molecule has 0 saturated carbocycles. The third kappa shape index (κ3) is 2.61. The van der Waals surface area contributed by atoms with Crippen molar-refractivity contribution in [3.63, 3.8) is 0 Å². The lowest BCUT2D eigenvalue weighted by molar-refractivity contribution is 0.573. The molecule has 0 aliphatic carbocycles. The molecule has 2 heterocycles. The van der Waals surface area contributed by atoms with Crippen molar-refractivity contribution in [1.82, 2.24) is 4.98 Å². The van der Waals surface area contributed by atoms with Crippen LogP contribution >= 0.6 is 0 Å². The van der Waals surface area contributed by atoms with E-state index in [1.54, 1.807) is 0 Å². The first kappa shape index (κ1) is 10.3. The van der Waals surface area contributed by atoms with E-state index in [0.29, 0.717) is 0 Å². The molecule has 1 saturated heterocycles. The van der Waals surface area contributed by atoms with Crippen LogP contribution in [0.25, 0.3) is 0 Å². The van der Waals surface area contributed by atoms with Crippen molar-refractivity contribution in [2.75, 3.05) is 29.9 Å². The zero-order chi connectivity index (χ0) is 10.5. The molecule has 0 spiro atoms. The van der Waals surface area contributed by atoms with E-state index in [1.807, 2.05) is 6.20 Å². The van der Waals surface area contributed by atoms with E-state index in [0.717, 1.165) is 31.1 Å². The molecule has 0 atom stereocenters. The maximum Gasteiger partial charge on any atom is 0.128 e. The fraction of sp³-hybridized carbons (Fsp3) is 0.583. The number of piperidine rings is 1. The van der Waals surface area contributed by atoms with Gasteiger partial charge in [-0.15, -0.1) is 0 Å². The van der Waals surface area contributed by atoms with Crippen LogP contribution in [0, 0.1) is 0 Å². The number of rotatable bonds is 3. The van der Waals surface area contributed by atoms with Gasteiger partial charge in [0.15, 0.2) is 0 Å². The van der Waals surface area contributed by atoms with Gasteiger partial charge in [0.05, 0.1) is 11.9 Å². The molecule has 1 aromatic rings. The Balaban J connectivity index is 2.02. The smallest absolute Gasteiger partial charge is 0.128 e.